The molecule has 0 atom stereocenters. The quantitative estimate of drug-likeness (QED) is 0.327. The molecule has 9 heteroatoms. The van der Waals surface area contributed by atoms with Gasteiger partial charge < -0.3 is 25.0 Å². The smallest absolute Gasteiger partial charge is 0.191 e. The minimum absolute atomic E-state index is 0. The molecule has 1 aromatic carbocycles. The first-order chi connectivity index (χ1) is 12.6. The third-order valence-corrected chi connectivity index (χ3v) is 4.63. The van der Waals surface area contributed by atoms with E-state index in [2.05, 4.69) is 26.0 Å². The zero-order chi connectivity index (χ0) is 18.9. The van der Waals surface area contributed by atoms with Crippen LogP contribution in [0.2, 0.25) is 0 Å². The van der Waals surface area contributed by atoms with Crippen LogP contribution in [0.5, 0.6) is 11.5 Å². The van der Waals surface area contributed by atoms with Gasteiger partial charge in [0.15, 0.2) is 22.6 Å². The number of hydrogen-bond donors (Lipinski definition) is 2. The number of aliphatic imine (C=N–C) groups is 1. The molecule has 0 saturated heterocycles. The van der Waals surface area contributed by atoms with Gasteiger partial charge in [0, 0.05) is 26.0 Å². The molecule has 1 heterocycles. The van der Waals surface area contributed by atoms with Gasteiger partial charge in [-0.3, -0.25) is 0 Å². The molecule has 2 rings (SSSR count). The molecule has 0 aliphatic rings. The van der Waals surface area contributed by atoms with Crippen molar-refractivity contribution >= 4 is 46.4 Å². The van der Waals surface area contributed by atoms with Crippen molar-refractivity contribution in [1.82, 2.24) is 15.6 Å². The Bertz CT molecular complexity index is 736. The van der Waals surface area contributed by atoms with Crippen LogP contribution in [0.3, 0.4) is 0 Å². The molecular formula is C18H28IN5O2S. The van der Waals surface area contributed by atoms with E-state index in [0.717, 1.165) is 28.9 Å². The summed E-state index contributed by atoms with van der Waals surface area (Å²) in [7, 11) is 7.24. The summed E-state index contributed by atoms with van der Waals surface area (Å²) in [6.45, 7) is 4.00. The van der Waals surface area contributed by atoms with Crippen LogP contribution in [0, 0.1) is 0 Å². The number of aromatic nitrogens is 1. The third kappa shape index (κ3) is 7.06. The number of nitrogens with zero attached hydrogens (tertiary/aromatic N) is 3. The molecule has 0 unspecified atom stereocenters. The van der Waals surface area contributed by atoms with Crippen molar-refractivity contribution in [3.05, 3.63) is 34.8 Å². The van der Waals surface area contributed by atoms with Gasteiger partial charge in [0.1, 0.15) is 0 Å². The average molecular weight is 505 g/mol. The molecule has 0 fully saturated rings. The number of rotatable bonds is 8. The van der Waals surface area contributed by atoms with Crippen molar-refractivity contribution in [3.8, 4) is 11.5 Å². The number of thiazole rings is 1. The van der Waals surface area contributed by atoms with E-state index < -0.39 is 0 Å². The van der Waals surface area contributed by atoms with Gasteiger partial charge in [-0.05, 0) is 24.6 Å². The molecule has 1 aromatic heterocycles. The van der Waals surface area contributed by atoms with Crippen molar-refractivity contribution in [2.24, 2.45) is 4.99 Å². The van der Waals surface area contributed by atoms with E-state index >= 15 is 0 Å². The molecule has 150 valence electrons. The topological polar surface area (TPSA) is 71.0 Å². The molecule has 0 aliphatic heterocycles. The first kappa shape index (κ1) is 23.3. The molecule has 2 aromatic rings. The van der Waals surface area contributed by atoms with Gasteiger partial charge in [-0.15, -0.1) is 35.3 Å². The predicted molar refractivity (Wildman–Crippen MR) is 123 cm³/mol. The van der Waals surface area contributed by atoms with Crippen LogP contribution < -0.4 is 25.0 Å². The Hall–Kier alpha value is -1.75. The Labute approximate surface area is 182 Å². The van der Waals surface area contributed by atoms with Gasteiger partial charge in [0.05, 0.1) is 33.0 Å². The van der Waals surface area contributed by atoms with E-state index in [1.807, 2.05) is 44.1 Å². The van der Waals surface area contributed by atoms with Gasteiger partial charge in [0.25, 0.3) is 0 Å². The number of ether oxygens (including phenoxy) is 2. The van der Waals surface area contributed by atoms with Crippen LogP contribution in [-0.2, 0) is 13.1 Å². The SMILES string of the molecule is CCNC(=NCc1ccc(OC)c(OC)c1)NCc1csc(N(C)C)n1.I. The summed E-state index contributed by atoms with van der Waals surface area (Å²) < 4.78 is 10.6. The van der Waals surface area contributed by atoms with Crippen LogP contribution in [0.4, 0.5) is 5.13 Å². The summed E-state index contributed by atoms with van der Waals surface area (Å²) in [5, 5.41) is 9.62. The van der Waals surface area contributed by atoms with Gasteiger partial charge in [-0.2, -0.15) is 0 Å². The van der Waals surface area contributed by atoms with Crippen molar-refractivity contribution in [1.29, 1.82) is 0 Å². The molecule has 0 radical (unpaired) electrons. The number of guanidine groups is 1. The van der Waals surface area contributed by atoms with Gasteiger partial charge in [0.2, 0.25) is 0 Å². The minimum atomic E-state index is 0. The van der Waals surface area contributed by atoms with Crippen LogP contribution in [0.15, 0.2) is 28.6 Å². The molecule has 0 aliphatic carbocycles. The number of methoxy groups -OCH3 is 2. The summed E-state index contributed by atoms with van der Waals surface area (Å²) in [5.41, 5.74) is 2.04. The summed E-state index contributed by atoms with van der Waals surface area (Å²) in [4.78, 5) is 11.2. The normalized spacial score (nSPS) is 10.8. The number of nitrogens with one attached hydrogen (secondary N) is 2. The number of anilines is 1. The van der Waals surface area contributed by atoms with Crippen LogP contribution in [0.25, 0.3) is 0 Å². The van der Waals surface area contributed by atoms with Gasteiger partial charge >= 0.3 is 0 Å². The van der Waals surface area contributed by atoms with E-state index in [1.165, 1.54) is 0 Å². The molecule has 0 bridgehead atoms. The fraction of sp³-hybridized carbons (Fsp3) is 0.444. The predicted octanol–water partition coefficient (Wildman–Crippen LogP) is 3.10. The van der Waals surface area contributed by atoms with Crippen LogP contribution >= 0.6 is 35.3 Å². The first-order valence-electron chi connectivity index (χ1n) is 8.42. The minimum Gasteiger partial charge on any atom is -0.493 e. The Morgan fingerprint density at radius 3 is 2.52 bits per heavy atom. The first-order valence-corrected chi connectivity index (χ1v) is 9.30. The van der Waals surface area contributed by atoms with Gasteiger partial charge in [-0.25, -0.2) is 9.98 Å². The Balaban J connectivity index is 0.00000364. The van der Waals surface area contributed by atoms with E-state index in [1.54, 1.807) is 25.6 Å². The molecule has 0 spiro atoms. The highest BCUT2D eigenvalue weighted by molar-refractivity contribution is 14.0. The molecule has 0 saturated carbocycles. The fourth-order valence-corrected chi connectivity index (χ4v) is 3.01. The lowest BCUT2D eigenvalue weighted by atomic mass is 10.2. The monoisotopic (exact) mass is 505 g/mol. The molecule has 2 N–H and O–H groups in total. The maximum atomic E-state index is 5.34. The highest BCUT2D eigenvalue weighted by atomic mass is 127. The largest absolute Gasteiger partial charge is 0.493 e. The van der Waals surface area contributed by atoms with Crippen LogP contribution in [-0.4, -0.2) is 45.8 Å². The summed E-state index contributed by atoms with van der Waals surface area (Å²) >= 11 is 1.63. The van der Waals surface area contributed by atoms with Gasteiger partial charge in [-0.1, -0.05) is 6.07 Å². The van der Waals surface area contributed by atoms with E-state index in [4.69, 9.17) is 9.47 Å². The van der Waals surface area contributed by atoms with E-state index in [-0.39, 0.29) is 24.0 Å². The van der Waals surface area contributed by atoms with Crippen molar-refractivity contribution in [2.75, 3.05) is 39.8 Å². The lowest BCUT2D eigenvalue weighted by Gasteiger charge is -2.11. The summed E-state index contributed by atoms with van der Waals surface area (Å²) in [6.07, 6.45) is 0. The maximum Gasteiger partial charge on any atom is 0.191 e. The molecular weight excluding hydrogens is 477 g/mol. The molecule has 0 amide bonds. The summed E-state index contributed by atoms with van der Waals surface area (Å²) in [5.74, 6) is 2.17. The maximum absolute atomic E-state index is 5.34. The van der Waals surface area contributed by atoms with E-state index in [9.17, 15) is 0 Å². The van der Waals surface area contributed by atoms with Crippen LogP contribution in [0.1, 0.15) is 18.2 Å². The zero-order valence-electron chi connectivity index (χ0n) is 16.4. The standard InChI is InChI=1S/C18H27N5O2S.HI/c1-6-19-17(21-11-14-12-26-18(22-14)23(2)3)20-10-13-7-8-15(24-4)16(9-13)25-5;/h7-9,12H,6,10-11H2,1-5H3,(H2,19,20,21);1H. The molecule has 27 heavy (non-hydrogen) atoms. The highest BCUT2D eigenvalue weighted by Crippen LogP contribution is 2.27. The Morgan fingerprint density at radius 1 is 1.19 bits per heavy atom. The van der Waals surface area contributed by atoms with Crippen molar-refractivity contribution in [3.63, 3.8) is 0 Å². The molecule has 7 nitrogen and oxygen atoms in total. The zero-order valence-corrected chi connectivity index (χ0v) is 19.6. The lowest BCUT2D eigenvalue weighted by molar-refractivity contribution is 0.354. The fourth-order valence-electron chi connectivity index (χ4n) is 2.25. The second-order valence-electron chi connectivity index (χ2n) is 5.75. The van der Waals surface area contributed by atoms with Crippen molar-refractivity contribution < 1.29 is 9.47 Å². The highest BCUT2D eigenvalue weighted by Gasteiger charge is 2.06. The van der Waals surface area contributed by atoms with E-state index in [0.29, 0.717) is 24.6 Å². The summed E-state index contributed by atoms with van der Waals surface area (Å²) in [6, 6.07) is 5.82. The number of benzene rings is 1. The third-order valence-electron chi connectivity index (χ3n) is 3.57. The Kier molecular flexibility index (Phi) is 10.2. The second kappa shape index (κ2) is 11.9. The van der Waals surface area contributed by atoms with Crippen molar-refractivity contribution in [2.45, 2.75) is 20.0 Å². The number of halogens is 1. The Morgan fingerprint density at radius 2 is 1.93 bits per heavy atom. The number of hydrogen-bond acceptors (Lipinski definition) is 6. The average Bonchev–Trinajstić information content (AvgIpc) is 3.13. The lowest BCUT2D eigenvalue weighted by Crippen LogP contribution is -2.36. The second-order valence-corrected chi connectivity index (χ2v) is 6.59.